The molecular weight excluding hydrogens is 453 g/mol. The Kier molecular flexibility index (Phi) is 7.80. The molecular formula is C5H7Cl5O2W-. The average molecular weight is 460 g/mol. The van der Waals surface area contributed by atoms with Crippen molar-refractivity contribution in [3.63, 3.8) is 0 Å². The molecule has 0 N–H and O–H groups in total. The summed E-state index contributed by atoms with van der Waals surface area (Å²) in [5, 5.41) is 0. The van der Waals surface area contributed by atoms with Gasteiger partial charge in [-0.2, -0.15) is 0 Å². The zero-order valence-electron chi connectivity index (χ0n) is 6.53. The molecule has 0 aromatic carbocycles. The third-order valence-corrected chi connectivity index (χ3v) is 0.446. The quantitative estimate of drug-likeness (QED) is 0.464. The minimum atomic E-state index is -4.39. The van der Waals surface area contributed by atoms with E-state index in [0.29, 0.717) is 0 Å². The van der Waals surface area contributed by atoms with Crippen LogP contribution in [-0.4, -0.2) is 11.6 Å². The van der Waals surface area contributed by atoms with Crippen molar-refractivity contribution in [2.45, 2.75) is 13.3 Å². The second-order valence-corrected chi connectivity index (χ2v) is 44.4. The molecule has 0 amide bonds. The average Bonchev–Trinajstić information content (AvgIpc) is 1.49. The molecule has 0 aliphatic carbocycles. The fraction of sp³-hybridized carbons (Fsp3) is 0.400. The van der Waals surface area contributed by atoms with E-state index in [1.54, 1.807) is 0 Å². The maximum absolute atomic E-state index is 9.99. The van der Waals surface area contributed by atoms with Crippen molar-refractivity contribution in [2.75, 3.05) is 0 Å². The van der Waals surface area contributed by atoms with Crippen LogP contribution in [0.2, 0.25) is 0 Å². The molecule has 0 rings (SSSR count). The van der Waals surface area contributed by atoms with E-state index in [0.717, 1.165) is 0 Å². The van der Waals surface area contributed by atoms with E-state index in [1.165, 1.54) is 6.92 Å². The molecule has 0 saturated heterocycles. The Morgan fingerprint density at radius 3 is 1.38 bits per heavy atom. The third-order valence-electron chi connectivity index (χ3n) is 0.446. The number of hydrogen-bond donors (Lipinski definition) is 0. The van der Waals surface area contributed by atoms with Crippen LogP contribution in [0, 0.1) is 6.92 Å². The van der Waals surface area contributed by atoms with Crippen LogP contribution in [-0.2, 0) is 19.2 Å². The van der Waals surface area contributed by atoms with Gasteiger partial charge in [0.15, 0.2) is 0 Å². The molecule has 0 unspecified atom stereocenters. The van der Waals surface area contributed by atoms with Crippen LogP contribution in [0.3, 0.4) is 0 Å². The van der Waals surface area contributed by atoms with Crippen LogP contribution >= 0.6 is 47.1 Å². The molecule has 0 fully saturated rings. The van der Waals surface area contributed by atoms with Gasteiger partial charge in [-0.1, -0.05) is 0 Å². The first-order valence-corrected chi connectivity index (χ1v) is 20.9. The molecule has 0 bridgehead atoms. The summed E-state index contributed by atoms with van der Waals surface area (Å²) in [6, 6.07) is 0. The third kappa shape index (κ3) is 60.1. The van der Waals surface area contributed by atoms with Gasteiger partial charge in [0.2, 0.25) is 0 Å². The Bertz CT molecular complexity index is 178. The van der Waals surface area contributed by atoms with Crippen molar-refractivity contribution in [1.82, 2.24) is 0 Å². The van der Waals surface area contributed by atoms with Gasteiger partial charge in [0, 0.05) is 12.2 Å². The fourth-order valence-electron chi connectivity index (χ4n) is 0.278. The van der Waals surface area contributed by atoms with Gasteiger partial charge in [-0.05, 0) is 6.92 Å². The van der Waals surface area contributed by atoms with E-state index >= 15 is 0 Å². The monoisotopic (exact) mass is 458 g/mol. The Labute approximate surface area is 97.3 Å². The number of Topliss-reactive ketones (excluding diaryl/α,β-unsaturated/α-hetero) is 2. The number of ketones is 2. The van der Waals surface area contributed by atoms with Crippen molar-refractivity contribution in [1.29, 1.82) is 0 Å². The molecule has 0 aliphatic heterocycles. The second kappa shape index (κ2) is 6.05. The van der Waals surface area contributed by atoms with E-state index in [4.69, 9.17) is 47.1 Å². The van der Waals surface area contributed by atoms with Crippen molar-refractivity contribution in [3.05, 3.63) is 6.92 Å². The molecule has 13 heavy (non-hydrogen) atoms. The first-order valence-electron chi connectivity index (χ1n) is 2.74. The van der Waals surface area contributed by atoms with Crippen LogP contribution in [0.4, 0.5) is 0 Å². The standard InChI is InChI=1S/C5H7O2.5ClH.W/c1-4(6)3-5(2)7;;;;;;/h1,3H2,2H3;5*1H;/q-1;;;;;;+5/p-5. The molecule has 0 atom stereocenters. The van der Waals surface area contributed by atoms with Gasteiger partial charge in [-0.3, -0.25) is 4.79 Å². The van der Waals surface area contributed by atoms with Crippen molar-refractivity contribution in [2.24, 2.45) is 0 Å². The number of carbonyl (C=O) groups excluding carboxylic acids is 2. The number of carbonyl (C=O) groups is 2. The molecule has 8 heteroatoms. The number of halogens is 5. The molecule has 0 spiro atoms. The summed E-state index contributed by atoms with van der Waals surface area (Å²) >= 11 is 0. The summed E-state index contributed by atoms with van der Waals surface area (Å²) in [5.74, 6) is -0.437. The fourth-order valence-corrected chi connectivity index (χ4v) is 0.278. The van der Waals surface area contributed by atoms with Gasteiger partial charge in [-0.15, -0.1) is 0 Å². The predicted octanol–water partition coefficient (Wildman–Crippen LogP) is 3.81. The predicted molar refractivity (Wildman–Crippen MR) is 54.9 cm³/mol. The molecule has 0 aromatic heterocycles. The van der Waals surface area contributed by atoms with Crippen LogP contribution in [0.15, 0.2) is 0 Å². The van der Waals surface area contributed by atoms with Gasteiger partial charge in [0.05, 0.1) is 0 Å². The summed E-state index contributed by atoms with van der Waals surface area (Å²) in [6.07, 6.45) is -0.0278. The van der Waals surface area contributed by atoms with Gasteiger partial charge < -0.3 is 11.7 Å². The Hall–Kier alpha value is 1.35. The molecule has 0 aliphatic rings. The van der Waals surface area contributed by atoms with Crippen molar-refractivity contribution in [3.8, 4) is 0 Å². The summed E-state index contributed by atoms with van der Waals surface area (Å²) < 4.78 is 0. The van der Waals surface area contributed by atoms with E-state index in [1.807, 2.05) is 0 Å². The topological polar surface area (TPSA) is 34.1 Å². The zero-order valence-corrected chi connectivity index (χ0v) is 13.2. The number of hydrogen-bond acceptors (Lipinski definition) is 2. The van der Waals surface area contributed by atoms with E-state index < -0.39 is 9.60 Å². The normalized spacial score (nSPS) is 13.2. The van der Waals surface area contributed by atoms with Crippen LogP contribution < -0.4 is 0 Å². The van der Waals surface area contributed by atoms with Crippen molar-refractivity contribution < 1.29 is 19.2 Å². The molecule has 0 radical (unpaired) electrons. The Balaban J connectivity index is 0. The SMILES string of the molecule is [CH2-]C(=O)CC(C)=O.[Cl][W]([Cl])([Cl])([Cl])[Cl]. The zero-order chi connectivity index (χ0) is 11.3. The summed E-state index contributed by atoms with van der Waals surface area (Å²) in [7, 11) is 20.9. The summed E-state index contributed by atoms with van der Waals surface area (Å²) in [6.45, 7) is 4.38. The summed E-state index contributed by atoms with van der Waals surface area (Å²) in [4.78, 5) is 19.9. The Morgan fingerprint density at radius 1 is 1.15 bits per heavy atom. The van der Waals surface area contributed by atoms with E-state index in [9.17, 15) is 9.59 Å². The van der Waals surface area contributed by atoms with Crippen LogP contribution in [0.5, 0.6) is 0 Å². The molecule has 0 heterocycles. The second-order valence-electron chi connectivity index (χ2n) is 2.00. The van der Waals surface area contributed by atoms with Crippen LogP contribution in [0.1, 0.15) is 13.3 Å². The van der Waals surface area contributed by atoms with E-state index in [-0.39, 0.29) is 18.0 Å². The molecule has 81 valence electrons. The van der Waals surface area contributed by atoms with E-state index in [2.05, 4.69) is 6.92 Å². The Morgan fingerprint density at radius 2 is 1.38 bits per heavy atom. The molecule has 0 aromatic rings. The molecule has 2 nitrogen and oxygen atoms in total. The summed E-state index contributed by atoms with van der Waals surface area (Å²) in [5.41, 5.74) is 0. The minimum absolute atomic E-state index is 0.0278. The number of rotatable bonds is 2. The molecule has 0 saturated carbocycles. The van der Waals surface area contributed by atoms with Gasteiger partial charge in [-0.25, -0.2) is 0 Å². The van der Waals surface area contributed by atoms with Crippen LogP contribution in [0.25, 0.3) is 0 Å². The van der Waals surface area contributed by atoms with Gasteiger partial charge >= 0.3 is 56.7 Å². The first-order chi connectivity index (χ1) is 5.36. The van der Waals surface area contributed by atoms with Gasteiger partial charge in [0.25, 0.3) is 0 Å². The maximum atomic E-state index is 9.99. The van der Waals surface area contributed by atoms with Crippen molar-refractivity contribution >= 4 is 58.7 Å². The van der Waals surface area contributed by atoms with Gasteiger partial charge in [0.1, 0.15) is 5.78 Å². The first kappa shape index (κ1) is 16.8.